The molecule has 0 bridgehead atoms. The van der Waals surface area contributed by atoms with Crippen molar-refractivity contribution in [3.8, 4) is 0 Å². The molecule has 0 spiro atoms. The fraction of sp³-hybridized carbons (Fsp3) is 0.474. The van der Waals surface area contributed by atoms with Crippen LogP contribution in [0, 0.1) is 5.92 Å². The second kappa shape index (κ2) is 7.73. The molecule has 0 aromatic carbocycles. The molecule has 1 saturated heterocycles. The molecule has 0 radical (unpaired) electrons. The summed E-state index contributed by atoms with van der Waals surface area (Å²) in [5.74, 6) is 2.78. The Kier molecular flexibility index (Phi) is 5.19. The predicted octanol–water partition coefficient (Wildman–Crippen LogP) is 3.34. The van der Waals surface area contributed by atoms with Gasteiger partial charge in [0.1, 0.15) is 11.5 Å². The van der Waals surface area contributed by atoms with E-state index in [1.165, 1.54) is 23.8 Å². The van der Waals surface area contributed by atoms with E-state index in [-0.39, 0.29) is 5.91 Å². The van der Waals surface area contributed by atoms with Crippen molar-refractivity contribution in [3.05, 3.63) is 40.8 Å². The lowest BCUT2D eigenvalue weighted by Crippen LogP contribution is -2.35. The summed E-state index contributed by atoms with van der Waals surface area (Å²) in [6.45, 7) is 6.40. The Balaban J connectivity index is 1.28. The SMILES string of the molecule is CC1CC1c1ccc(C=CC(=O)Nc2nc(CN3CCOCC3)cs2)o1. The van der Waals surface area contributed by atoms with Gasteiger partial charge in [-0.1, -0.05) is 6.92 Å². The summed E-state index contributed by atoms with van der Waals surface area (Å²) in [5, 5.41) is 5.43. The Morgan fingerprint density at radius 2 is 2.23 bits per heavy atom. The van der Waals surface area contributed by atoms with Crippen molar-refractivity contribution >= 4 is 28.5 Å². The van der Waals surface area contributed by atoms with E-state index in [0.29, 0.717) is 22.7 Å². The number of furan rings is 1. The molecule has 3 heterocycles. The average Bonchev–Trinajstić information content (AvgIpc) is 3.02. The van der Waals surface area contributed by atoms with E-state index in [0.717, 1.165) is 44.3 Å². The highest BCUT2D eigenvalue weighted by atomic mass is 32.1. The Hall–Kier alpha value is -1.96. The minimum Gasteiger partial charge on any atom is -0.461 e. The minimum absolute atomic E-state index is 0.199. The Labute approximate surface area is 156 Å². The molecule has 2 fully saturated rings. The van der Waals surface area contributed by atoms with Crippen LogP contribution in [0.3, 0.4) is 0 Å². The van der Waals surface area contributed by atoms with Crippen molar-refractivity contribution in [2.75, 3.05) is 31.6 Å². The lowest BCUT2D eigenvalue weighted by molar-refractivity contribution is -0.111. The van der Waals surface area contributed by atoms with Gasteiger partial charge < -0.3 is 9.15 Å². The number of nitrogens with one attached hydrogen (secondary N) is 1. The number of rotatable bonds is 6. The first-order valence-corrected chi connectivity index (χ1v) is 9.88. The fourth-order valence-electron chi connectivity index (χ4n) is 3.11. The predicted molar refractivity (Wildman–Crippen MR) is 101 cm³/mol. The van der Waals surface area contributed by atoms with Crippen LogP contribution in [0.5, 0.6) is 0 Å². The molecule has 1 amide bonds. The van der Waals surface area contributed by atoms with Crippen molar-refractivity contribution < 1.29 is 13.9 Å². The second-order valence-electron chi connectivity index (χ2n) is 6.91. The van der Waals surface area contributed by atoms with Gasteiger partial charge in [0.15, 0.2) is 5.13 Å². The van der Waals surface area contributed by atoms with Crippen molar-refractivity contribution in [1.82, 2.24) is 9.88 Å². The zero-order chi connectivity index (χ0) is 17.9. The second-order valence-corrected chi connectivity index (χ2v) is 7.77. The van der Waals surface area contributed by atoms with Gasteiger partial charge in [0.25, 0.3) is 0 Å². The van der Waals surface area contributed by atoms with Crippen LogP contribution < -0.4 is 5.32 Å². The standard InChI is InChI=1S/C19H23N3O3S/c1-13-10-16(13)17-4-2-15(25-17)3-5-18(23)21-19-20-14(12-26-19)11-22-6-8-24-9-7-22/h2-5,12-13,16H,6-11H2,1H3,(H,20,21,23). The molecule has 1 N–H and O–H groups in total. The monoisotopic (exact) mass is 373 g/mol. The summed E-state index contributed by atoms with van der Waals surface area (Å²) >= 11 is 1.45. The van der Waals surface area contributed by atoms with Crippen LogP contribution >= 0.6 is 11.3 Å². The van der Waals surface area contributed by atoms with Gasteiger partial charge >= 0.3 is 0 Å². The van der Waals surface area contributed by atoms with E-state index in [4.69, 9.17) is 9.15 Å². The van der Waals surface area contributed by atoms with Gasteiger partial charge in [-0.2, -0.15) is 0 Å². The van der Waals surface area contributed by atoms with E-state index in [1.54, 1.807) is 6.08 Å². The third-order valence-electron chi connectivity index (χ3n) is 4.79. The normalized spacial score (nSPS) is 23.4. The third kappa shape index (κ3) is 4.41. The molecule has 2 atom stereocenters. The van der Waals surface area contributed by atoms with Crippen LogP contribution in [-0.2, 0) is 16.1 Å². The number of morpholine rings is 1. The Morgan fingerprint density at radius 3 is 3.00 bits per heavy atom. The van der Waals surface area contributed by atoms with Gasteiger partial charge in [0.05, 0.1) is 18.9 Å². The van der Waals surface area contributed by atoms with E-state index in [2.05, 4.69) is 22.1 Å². The molecule has 1 aliphatic heterocycles. The molecule has 2 unspecified atom stereocenters. The van der Waals surface area contributed by atoms with Crippen LogP contribution in [0.4, 0.5) is 5.13 Å². The largest absolute Gasteiger partial charge is 0.461 e. The molecule has 6 nitrogen and oxygen atoms in total. The van der Waals surface area contributed by atoms with Gasteiger partial charge in [-0.25, -0.2) is 4.98 Å². The van der Waals surface area contributed by atoms with Crippen molar-refractivity contribution in [2.45, 2.75) is 25.8 Å². The zero-order valence-corrected chi connectivity index (χ0v) is 15.6. The zero-order valence-electron chi connectivity index (χ0n) is 14.8. The highest BCUT2D eigenvalue weighted by molar-refractivity contribution is 7.13. The van der Waals surface area contributed by atoms with Crippen LogP contribution in [-0.4, -0.2) is 42.1 Å². The van der Waals surface area contributed by atoms with E-state index in [9.17, 15) is 4.79 Å². The molecule has 2 aromatic heterocycles. The number of hydrogen-bond acceptors (Lipinski definition) is 6. The maximum absolute atomic E-state index is 12.1. The van der Waals surface area contributed by atoms with Gasteiger partial charge in [-0.15, -0.1) is 11.3 Å². The molecular formula is C19H23N3O3S. The maximum atomic E-state index is 12.1. The average molecular weight is 373 g/mol. The molecule has 1 saturated carbocycles. The molecule has 26 heavy (non-hydrogen) atoms. The lowest BCUT2D eigenvalue weighted by Gasteiger charge is -2.25. The van der Waals surface area contributed by atoms with Crippen molar-refractivity contribution in [1.29, 1.82) is 0 Å². The van der Waals surface area contributed by atoms with E-state index in [1.807, 2.05) is 17.5 Å². The number of aromatic nitrogens is 1. The summed E-state index contributed by atoms with van der Waals surface area (Å²) in [6, 6.07) is 3.92. The highest BCUT2D eigenvalue weighted by Crippen LogP contribution is 2.47. The number of ether oxygens (including phenoxy) is 1. The number of anilines is 1. The molecule has 2 aromatic rings. The molecule has 138 valence electrons. The summed E-state index contributed by atoms with van der Waals surface area (Å²) in [4.78, 5) is 18.9. The van der Waals surface area contributed by atoms with E-state index < -0.39 is 0 Å². The first-order valence-electron chi connectivity index (χ1n) is 9.00. The number of carbonyl (C=O) groups is 1. The molecule has 7 heteroatoms. The molecule has 2 aliphatic rings. The van der Waals surface area contributed by atoms with Gasteiger partial charge in [0, 0.05) is 37.0 Å². The lowest BCUT2D eigenvalue weighted by atomic mass is 10.3. The van der Waals surface area contributed by atoms with Gasteiger partial charge in [0.2, 0.25) is 5.91 Å². The third-order valence-corrected chi connectivity index (χ3v) is 5.60. The summed E-state index contributed by atoms with van der Waals surface area (Å²) in [7, 11) is 0. The Bertz CT molecular complexity index is 792. The topological polar surface area (TPSA) is 67.6 Å². The smallest absolute Gasteiger partial charge is 0.250 e. The molecule has 4 rings (SSSR count). The van der Waals surface area contributed by atoms with Crippen molar-refractivity contribution in [3.63, 3.8) is 0 Å². The molecular weight excluding hydrogens is 350 g/mol. The quantitative estimate of drug-likeness (QED) is 0.787. The number of thiazole rings is 1. The van der Waals surface area contributed by atoms with E-state index >= 15 is 0 Å². The molecule has 1 aliphatic carbocycles. The number of carbonyl (C=O) groups excluding carboxylic acids is 1. The first kappa shape index (κ1) is 17.5. The number of nitrogens with zero attached hydrogens (tertiary/aromatic N) is 2. The summed E-state index contributed by atoms with van der Waals surface area (Å²) < 4.78 is 11.1. The first-order chi connectivity index (χ1) is 12.7. The highest BCUT2D eigenvalue weighted by Gasteiger charge is 2.36. The number of amides is 1. The van der Waals surface area contributed by atoms with Crippen LogP contribution in [0.2, 0.25) is 0 Å². The number of hydrogen-bond donors (Lipinski definition) is 1. The Morgan fingerprint density at radius 1 is 1.42 bits per heavy atom. The summed E-state index contributed by atoms with van der Waals surface area (Å²) in [5.41, 5.74) is 0.977. The van der Waals surface area contributed by atoms with Crippen LogP contribution in [0.1, 0.15) is 36.5 Å². The van der Waals surface area contributed by atoms with Crippen molar-refractivity contribution in [2.24, 2.45) is 5.92 Å². The maximum Gasteiger partial charge on any atom is 0.250 e. The van der Waals surface area contributed by atoms with Gasteiger partial charge in [-0.3, -0.25) is 15.0 Å². The van der Waals surface area contributed by atoms with Crippen LogP contribution in [0.15, 0.2) is 28.0 Å². The van der Waals surface area contributed by atoms with Gasteiger partial charge in [-0.05, 0) is 30.5 Å². The summed E-state index contributed by atoms with van der Waals surface area (Å²) in [6.07, 6.45) is 4.38. The van der Waals surface area contributed by atoms with Crippen LogP contribution in [0.25, 0.3) is 6.08 Å². The fourth-order valence-corrected chi connectivity index (χ4v) is 3.81. The minimum atomic E-state index is -0.199.